The highest BCUT2D eigenvalue weighted by Gasteiger charge is 2.31. The molecule has 0 unspecified atom stereocenters. The zero-order chi connectivity index (χ0) is 16.2. The smallest absolute Gasteiger partial charge is 0.338 e. The summed E-state index contributed by atoms with van der Waals surface area (Å²) < 4.78 is 5.26. The van der Waals surface area contributed by atoms with Crippen molar-refractivity contribution < 1.29 is 19.3 Å². The molecule has 1 aliphatic heterocycles. The first-order valence-corrected chi connectivity index (χ1v) is 7.50. The standard InChI is InChI=1S/C15H17N3O5/c19-15(12-2-3-12)23-16-10-11-1-4-13(14(9-11)18(20)21)17-5-7-22-8-6-17/h1,4,9-10,12H,2-3,5-8H2/b16-10-. The SMILES string of the molecule is O=C(O/N=C\c1ccc(N2CCOCC2)c([N+](=O)[O-])c1)C1CC1. The molecule has 1 aromatic rings. The van der Waals surface area contributed by atoms with E-state index < -0.39 is 4.92 Å². The maximum atomic E-state index is 11.4. The Morgan fingerprint density at radius 1 is 1.39 bits per heavy atom. The molecule has 1 aromatic carbocycles. The van der Waals surface area contributed by atoms with Crippen molar-refractivity contribution >= 4 is 23.6 Å². The van der Waals surface area contributed by atoms with E-state index in [-0.39, 0.29) is 17.6 Å². The first-order chi connectivity index (χ1) is 11.1. The van der Waals surface area contributed by atoms with E-state index in [0.717, 1.165) is 12.8 Å². The molecular formula is C15H17N3O5. The van der Waals surface area contributed by atoms with E-state index in [4.69, 9.17) is 9.57 Å². The van der Waals surface area contributed by atoms with E-state index in [1.165, 1.54) is 12.3 Å². The van der Waals surface area contributed by atoms with Gasteiger partial charge in [0.2, 0.25) is 0 Å². The number of carbonyl (C=O) groups is 1. The van der Waals surface area contributed by atoms with Crippen LogP contribution >= 0.6 is 0 Å². The van der Waals surface area contributed by atoms with Gasteiger partial charge in [0.05, 0.1) is 30.3 Å². The van der Waals surface area contributed by atoms with E-state index in [0.29, 0.717) is 37.6 Å². The number of anilines is 1. The van der Waals surface area contributed by atoms with E-state index in [9.17, 15) is 14.9 Å². The highest BCUT2D eigenvalue weighted by atomic mass is 16.7. The van der Waals surface area contributed by atoms with Gasteiger partial charge in [-0.15, -0.1) is 0 Å². The maximum absolute atomic E-state index is 11.4. The third-order valence-corrected chi connectivity index (χ3v) is 3.80. The van der Waals surface area contributed by atoms with Gasteiger partial charge >= 0.3 is 5.97 Å². The van der Waals surface area contributed by atoms with Crippen LogP contribution < -0.4 is 4.90 Å². The molecule has 8 heteroatoms. The van der Waals surface area contributed by atoms with Crippen LogP contribution in [0.1, 0.15) is 18.4 Å². The second-order valence-corrected chi connectivity index (χ2v) is 5.52. The average Bonchev–Trinajstić information content (AvgIpc) is 3.40. The van der Waals surface area contributed by atoms with Crippen LogP contribution in [0.2, 0.25) is 0 Å². The number of nitrogens with zero attached hydrogens (tertiary/aromatic N) is 3. The highest BCUT2D eigenvalue weighted by molar-refractivity contribution is 5.84. The molecule has 0 atom stereocenters. The molecule has 0 radical (unpaired) electrons. The molecular weight excluding hydrogens is 302 g/mol. The number of hydrogen-bond acceptors (Lipinski definition) is 7. The Morgan fingerprint density at radius 2 is 2.13 bits per heavy atom. The van der Waals surface area contributed by atoms with Crippen LogP contribution in [0.3, 0.4) is 0 Å². The van der Waals surface area contributed by atoms with Gasteiger partial charge in [0.25, 0.3) is 5.69 Å². The summed E-state index contributed by atoms with van der Waals surface area (Å²) in [5.41, 5.74) is 1.08. The third kappa shape index (κ3) is 3.84. The molecule has 1 saturated heterocycles. The van der Waals surface area contributed by atoms with Gasteiger partial charge in [-0.05, 0) is 18.9 Å². The molecule has 3 rings (SSSR count). The van der Waals surface area contributed by atoms with Crippen LogP contribution in [-0.2, 0) is 14.4 Å². The van der Waals surface area contributed by atoms with E-state index in [2.05, 4.69) is 5.16 Å². The molecule has 1 aliphatic carbocycles. The number of oxime groups is 1. The van der Waals surface area contributed by atoms with Crippen molar-refractivity contribution in [3.8, 4) is 0 Å². The lowest BCUT2D eigenvalue weighted by Gasteiger charge is -2.28. The molecule has 0 spiro atoms. The molecule has 0 amide bonds. The number of nitro groups is 1. The minimum Gasteiger partial charge on any atom is -0.378 e. The number of rotatable bonds is 5. The molecule has 1 heterocycles. The number of morpholine rings is 1. The fraction of sp³-hybridized carbons (Fsp3) is 0.467. The molecule has 23 heavy (non-hydrogen) atoms. The van der Waals surface area contributed by atoms with Gasteiger partial charge in [0, 0.05) is 24.7 Å². The predicted molar refractivity (Wildman–Crippen MR) is 82.5 cm³/mol. The molecule has 2 aliphatic rings. The fourth-order valence-corrected chi connectivity index (χ4v) is 2.37. The van der Waals surface area contributed by atoms with Crippen LogP contribution in [0.5, 0.6) is 0 Å². The van der Waals surface area contributed by atoms with E-state index >= 15 is 0 Å². The average molecular weight is 319 g/mol. The fourth-order valence-electron chi connectivity index (χ4n) is 2.37. The first kappa shape index (κ1) is 15.4. The number of carbonyl (C=O) groups excluding carboxylic acids is 1. The lowest BCUT2D eigenvalue weighted by Crippen LogP contribution is -2.36. The number of hydrogen-bond donors (Lipinski definition) is 0. The number of benzene rings is 1. The monoisotopic (exact) mass is 319 g/mol. The molecule has 0 N–H and O–H groups in total. The molecule has 2 fully saturated rings. The Hall–Kier alpha value is -2.48. The van der Waals surface area contributed by atoms with Crippen molar-refractivity contribution in [3.05, 3.63) is 33.9 Å². The van der Waals surface area contributed by atoms with Gasteiger partial charge in [-0.1, -0.05) is 11.2 Å². The molecule has 1 saturated carbocycles. The van der Waals surface area contributed by atoms with Crippen molar-refractivity contribution in [2.24, 2.45) is 11.1 Å². The minimum atomic E-state index is -0.418. The van der Waals surface area contributed by atoms with Gasteiger partial charge in [0.15, 0.2) is 0 Å². The summed E-state index contributed by atoms with van der Waals surface area (Å²) >= 11 is 0. The topological polar surface area (TPSA) is 94.3 Å². The maximum Gasteiger partial charge on any atom is 0.338 e. The Labute approximate surface area is 132 Å². The lowest BCUT2D eigenvalue weighted by atomic mass is 10.1. The van der Waals surface area contributed by atoms with Crippen LogP contribution in [0.25, 0.3) is 0 Å². The minimum absolute atomic E-state index is 0.00405. The van der Waals surface area contributed by atoms with Crippen molar-refractivity contribution in [1.82, 2.24) is 0 Å². The predicted octanol–water partition coefficient (Wildman–Crippen LogP) is 1.72. The highest BCUT2D eigenvalue weighted by Crippen LogP contribution is 2.31. The lowest BCUT2D eigenvalue weighted by molar-refractivity contribution is -0.384. The Kier molecular flexibility index (Phi) is 4.52. The molecule has 0 aromatic heterocycles. The second kappa shape index (κ2) is 6.74. The largest absolute Gasteiger partial charge is 0.378 e. The molecule has 0 bridgehead atoms. The summed E-state index contributed by atoms with van der Waals surface area (Å²) in [7, 11) is 0. The Bertz CT molecular complexity index is 636. The second-order valence-electron chi connectivity index (χ2n) is 5.52. The van der Waals surface area contributed by atoms with Gasteiger partial charge < -0.3 is 14.5 Å². The summed E-state index contributed by atoms with van der Waals surface area (Å²) in [6.45, 7) is 2.34. The number of ether oxygens (including phenoxy) is 1. The van der Waals surface area contributed by atoms with Crippen LogP contribution in [0.4, 0.5) is 11.4 Å². The summed E-state index contributed by atoms with van der Waals surface area (Å²) in [5, 5.41) is 14.9. The summed E-state index contributed by atoms with van der Waals surface area (Å²) in [6.07, 6.45) is 3.00. The zero-order valence-electron chi connectivity index (χ0n) is 12.5. The van der Waals surface area contributed by atoms with Gasteiger partial charge in [-0.25, -0.2) is 4.79 Å². The van der Waals surface area contributed by atoms with Crippen LogP contribution in [0, 0.1) is 16.0 Å². The Balaban J connectivity index is 1.74. The van der Waals surface area contributed by atoms with Gasteiger partial charge in [-0.3, -0.25) is 10.1 Å². The summed E-state index contributed by atoms with van der Waals surface area (Å²) in [6, 6.07) is 4.83. The summed E-state index contributed by atoms with van der Waals surface area (Å²) in [5.74, 6) is -0.383. The quantitative estimate of drug-likeness (QED) is 0.355. The summed E-state index contributed by atoms with van der Waals surface area (Å²) in [4.78, 5) is 28.9. The number of nitro benzene ring substituents is 1. The molecule has 8 nitrogen and oxygen atoms in total. The normalized spacial score (nSPS) is 18.2. The van der Waals surface area contributed by atoms with Crippen molar-refractivity contribution in [2.75, 3.05) is 31.2 Å². The van der Waals surface area contributed by atoms with E-state index in [1.807, 2.05) is 4.90 Å². The van der Waals surface area contributed by atoms with Crippen LogP contribution in [0.15, 0.2) is 23.4 Å². The van der Waals surface area contributed by atoms with Gasteiger partial charge in [-0.2, -0.15) is 0 Å². The first-order valence-electron chi connectivity index (χ1n) is 7.50. The van der Waals surface area contributed by atoms with Gasteiger partial charge in [0.1, 0.15) is 5.69 Å². The van der Waals surface area contributed by atoms with Crippen molar-refractivity contribution in [1.29, 1.82) is 0 Å². The Morgan fingerprint density at radius 3 is 2.78 bits per heavy atom. The van der Waals surface area contributed by atoms with Crippen LogP contribution in [-0.4, -0.2) is 43.4 Å². The van der Waals surface area contributed by atoms with E-state index in [1.54, 1.807) is 12.1 Å². The molecule has 122 valence electrons. The van der Waals surface area contributed by atoms with Crippen molar-refractivity contribution in [3.63, 3.8) is 0 Å². The van der Waals surface area contributed by atoms with Crippen molar-refractivity contribution in [2.45, 2.75) is 12.8 Å². The third-order valence-electron chi connectivity index (χ3n) is 3.80. The zero-order valence-corrected chi connectivity index (χ0v) is 12.5.